The minimum absolute atomic E-state index is 0.350. The predicted molar refractivity (Wildman–Crippen MR) is 62.1 cm³/mol. The minimum atomic E-state index is 0.350. The lowest BCUT2D eigenvalue weighted by atomic mass is 10.1. The first-order chi connectivity index (χ1) is 7.75. The molecule has 1 heterocycles. The Bertz CT molecular complexity index is 375. The molecule has 6 heteroatoms. The van der Waals surface area contributed by atoms with Crippen molar-refractivity contribution in [2.75, 3.05) is 0 Å². The number of tetrazole rings is 1. The highest BCUT2D eigenvalue weighted by Gasteiger charge is 2.34. The summed E-state index contributed by atoms with van der Waals surface area (Å²) in [6.45, 7) is 2.24. The van der Waals surface area contributed by atoms with Crippen molar-refractivity contribution >= 4 is 11.8 Å². The summed E-state index contributed by atoms with van der Waals surface area (Å²) in [5.41, 5.74) is 6.04. The third kappa shape index (κ3) is 1.84. The van der Waals surface area contributed by atoms with Crippen LogP contribution in [0.25, 0.3) is 0 Å². The Morgan fingerprint density at radius 3 is 2.75 bits per heavy atom. The average molecular weight is 239 g/mol. The Hall–Kier alpha value is -0.620. The lowest BCUT2D eigenvalue weighted by Crippen LogP contribution is -2.26. The van der Waals surface area contributed by atoms with Crippen LogP contribution in [-0.4, -0.2) is 31.5 Å². The van der Waals surface area contributed by atoms with E-state index in [-0.39, 0.29) is 0 Å². The lowest BCUT2D eigenvalue weighted by molar-refractivity contribution is 0.530. The molecule has 2 fully saturated rings. The molecule has 3 atom stereocenters. The van der Waals surface area contributed by atoms with Gasteiger partial charge in [-0.15, -0.1) is 5.10 Å². The molecule has 3 unspecified atom stereocenters. The molecule has 16 heavy (non-hydrogen) atoms. The highest BCUT2D eigenvalue weighted by atomic mass is 32.2. The van der Waals surface area contributed by atoms with Crippen LogP contribution in [0.1, 0.15) is 38.6 Å². The summed E-state index contributed by atoms with van der Waals surface area (Å²) in [7, 11) is 0. The van der Waals surface area contributed by atoms with E-state index < -0.39 is 0 Å². The van der Waals surface area contributed by atoms with Gasteiger partial charge in [-0.2, -0.15) is 0 Å². The molecular formula is C10H17N5S. The summed E-state index contributed by atoms with van der Waals surface area (Å²) in [6.07, 6.45) is 4.75. The zero-order valence-electron chi connectivity index (χ0n) is 9.41. The van der Waals surface area contributed by atoms with Gasteiger partial charge in [-0.05, 0) is 42.0 Å². The molecule has 2 aliphatic carbocycles. The van der Waals surface area contributed by atoms with Crippen molar-refractivity contribution in [3.05, 3.63) is 0 Å². The molecule has 3 rings (SSSR count). The topological polar surface area (TPSA) is 69.6 Å². The van der Waals surface area contributed by atoms with E-state index >= 15 is 0 Å². The second kappa shape index (κ2) is 4.00. The van der Waals surface area contributed by atoms with E-state index in [4.69, 9.17) is 5.73 Å². The Labute approximate surface area is 99.2 Å². The Kier molecular flexibility index (Phi) is 2.63. The number of rotatable bonds is 3. The molecule has 1 aromatic rings. The first kappa shape index (κ1) is 10.5. The maximum atomic E-state index is 6.04. The van der Waals surface area contributed by atoms with E-state index in [1.165, 1.54) is 19.3 Å². The van der Waals surface area contributed by atoms with Crippen LogP contribution in [0.15, 0.2) is 5.16 Å². The molecule has 1 aromatic heterocycles. The Morgan fingerprint density at radius 2 is 2.12 bits per heavy atom. The van der Waals surface area contributed by atoms with Crippen molar-refractivity contribution in [3.8, 4) is 0 Å². The molecule has 88 valence electrons. The monoisotopic (exact) mass is 239 g/mol. The van der Waals surface area contributed by atoms with Crippen molar-refractivity contribution in [3.63, 3.8) is 0 Å². The van der Waals surface area contributed by atoms with Crippen LogP contribution in [0.2, 0.25) is 0 Å². The smallest absolute Gasteiger partial charge is 0.209 e. The zero-order chi connectivity index (χ0) is 11.1. The second-order valence-electron chi connectivity index (χ2n) is 4.89. The molecule has 5 nitrogen and oxygen atoms in total. The van der Waals surface area contributed by atoms with E-state index in [1.807, 2.05) is 16.4 Å². The molecule has 0 spiro atoms. The van der Waals surface area contributed by atoms with Crippen molar-refractivity contribution in [2.24, 2.45) is 11.7 Å². The molecule has 0 amide bonds. The third-order valence-corrected chi connectivity index (χ3v) is 5.11. The normalized spacial score (nSPS) is 34.5. The van der Waals surface area contributed by atoms with E-state index in [0.29, 0.717) is 23.3 Å². The maximum absolute atomic E-state index is 6.04. The van der Waals surface area contributed by atoms with E-state index in [1.54, 1.807) is 0 Å². The third-order valence-electron chi connectivity index (χ3n) is 3.66. The lowest BCUT2D eigenvalue weighted by Gasteiger charge is -2.16. The van der Waals surface area contributed by atoms with Gasteiger partial charge in [0, 0.05) is 11.3 Å². The summed E-state index contributed by atoms with van der Waals surface area (Å²) in [5.74, 6) is 0.564. The van der Waals surface area contributed by atoms with E-state index in [2.05, 4.69) is 22.4 Å². The van der Waals surface area contributed by atoms with Gasteiger partial charge in [-0.25, -0.2) is 4.68 Å². The largest absolute Gasteiger partial charge is 0.327 e. The zero-order valence-corrected chi connectivity index (χ0v) is 10.2. The molecule has 0 saturated heterocycles. The summed E-state index contributed by atoms with van der Waals surface area (Å²) in [6, 6.07) is 0.908. The molecule has 0 aromatic carbocycles. The Morgan fingerprint density at radius 1 is 1.31 bits per heavy atom. The predicted octanol–water partition coefficient (Wildman–Crippen LogP) is 1.23. The van der Waals surface area contributed by atoms with Gasteiger partial charge >= 0.3 is 0 Å². The van der Waals surface area contributed by atoms with Crippen molar-refractivity contribution < 1.29 is 0 Å². The van der Waals surface area contributed by atoms with Gasteiger partial charge in [0.1, 0.15) is 0 Å². The minimum Gasteiger partial charge on any atom is -0.327 e. The van der Waals surface area contributed by atoms with Gasteiger partial charge in [-0.1, -0.05) is 18.7 Å². The van der Waals surface area contributed by atoms with Crippen LogP contribution in [0.5, 0.6) is 0 Å². The number of hydrogen-bond acceptors (Lipinski definition) is 5. The van der Waals surface area contributed by atoms with Crippen LogP contribution < -0.4 is 5.73 Å². The molecule has 0 aliphatic heterocycles. The number of nitrogens with two attached hydrogens (primary N) is 1. The van der Waals surface area contributed by atoms with Crippen LogP contribution in [-0.2, 0) is 0 Å². The molecule has 0 radical (unpaired) electrons. The fraction of sp³-hybridized carbons (Fsp3) is 0.900. The maximum Gasteiger partial charge on any atom is 0.209 e. The summed E-state index contributed by atoms with van der Waals surface area (Å²) >= 11 is 1.81. The first-order valence-electron chi connectivity index (χ1n) is 5.96. The average Bonchev–Trinajstić information content (AvgIpc) is 2.95. The van der Waals surface area contributed by atoms with Crippen LogP contribution in [0.3, 0.4) is 0 Å². The van der Waals surface area contributed by atoms with Gasteiger partial charge in [0.2, 0.25) is 5.16 Å². The molecule has 0 bridgehead atoms. The van der Waals surface area contributed by atoms with E-state index in [0.717, 1.165) is 11.6 Å². The van der Waals surface area contributed by atoms with Crippen LogP contribution in [0.4, 0.5) is 0 Å². The highest BCUT2D eigenvalue weighted by molar-refractivity contribution is 7.99. The fourth-order valence-corrected chi connectivity index (χ4v) is 3.59. The van der Waals surface area contributed by atoms with Crippen LogP contribution in [0, 0.1) is 5.92 Å². The summed E-state index contributed by atoms with van der Waals surface area (Å²) in [4.78, 5) is 0. The fourth-order valence-electron chi connectivity index (χ4n) is 2.27. The van der Waals surface area contributed by atoms with Gasteiger partial charge in [-0.3, -0.25) is 0 Å². The van der Waals surface area contributed by atoms with Gasteiger partial charge in [0.05, 0.1) is 6.04 Å². The first-order valence-corrected chi connectivity index (χ1v) is 6.84. The molecule has 2 N–H and O–H groups in total. The van der Waals surface area contributed by atoms with Crippen molar-refractivity contribution in [1.29, 1.82) is 0 Å². The van der Waals surface area contributed by atoms with Crippen LogP contribution >= 0.6 is 11.8 Å². The molecule has 2 saturated carbocycles. The SMILES string of the molecule is CC1C(N)CCC1Sc1nnnn1C1CC1. The summed E-state index contributed by atoms with van der Waals surface area (Å²) in [5, 5.41) is 13.5. The standard InChI is InChI=1S/C10H17N5S/c1-6-8(11)4-5-9(6)16-10-12-13-14-15(10)7-2-3-7/h6-9H,2-5,11H2,1H3. The van der Waals surface area contributed by atoms with Crippen molar-refractivity contribution in [1.82, 2.24) is 20.2 Å². The Balaban J connectivity index is 1.71. The van der Waals surface area contributed by atoms with E-state index in [9.17, 15) is 0 Å². The molecular weight excluding hydrogens is 222 g/mol. The number of aromatic nitrogens is 4. The quantitative estimate of drug-likeness (QED) is 0.859. The highest BCUT2D eigenvalue weighted by Crippen LogP contribution is 2.41. The molecule has 2 aliphatic rings. The number of nitrogens with zero attached hydrogens (tertiary/aromatic N) is 4. The number of hydrogen-bond donors (Lipinski definition) is 1. The second-order valence-corrected chi connectivity index (χ2v) is 6.10. The van der Waals surface area contributed by atoms with Gasteiger partial charge in [0.25, 0.3) is 0 Å². The summed E-state index contributed by atoms with van der Waals surface area (Å²) < 4.78 is 1.99. The van der Waals surface area contributed by atoms with Crippen molar-refractivity contribution in [2.45, 2.75) is 55.1 Å². The van der Waals surface area contributed by atoms with Gasteiger partial charge in [0.15, 0.2) is 0 Å². The van der Waals surface area contributed by atoms with Gasteiger partial charge < -0.3 is 5.73 Å². The number of thioether (sulfide) groups is 1.